The topological polar surface area (TPSA) is 83.5 Å². The number of rotatable bonds is 8. The Labute approximate surface area is 222 Å². The number of anilines is 1. The van der Waals surface area contributed by atoms with Crippen LogP contribution in [0.3, 0.4) is 0 Å². The fraction of sp³-hybridized carbons (Fsp3) is 0.393. The fourth-order valence-corrected chi connectivity index (χ4v) is 5.76. The van der Waals surface area contributed by atoms with Gasteiger partial charge in [-0.05, 0) is 57.0 Å². The van der Waals surface area contributed by atoms with Crippen LogP contribution in [-0.4, -0.2) is 66.4 Å². The molecule has 196 valence electrons. The normalized spacial score (nSPS) is 17.1. The molecule has 2 aromatic rings. The number of hydrogen-bond donors (Lipinski definition) is 1. The zero-order chi connectivity index (χ0) is 26.5. The van der Waals surface area contributed by atoms with E-state index in [0.29, 0.717) is 41.4 Å². The van der Waals surface area contributed by atoms with Gasteiger partial charge in [-0.25, -0.2) is 4.99 Å². The summed E-state index contributed by atoms with van der Waals surface area (Å²) < 4.78 is 10.7. The molecule has 0 spiro atoms. The maximum absolute atomic E-state index is 13.7. The largest absolute Gasteiger partial charge is 0.497 e. The minimum atomic E-state index is -0.290. The van der Waals surface area contributed by atoms with Crippen molar-refractivity contribution in [1.82, 2.24) is 9.80 Å². The molecule has 2 aliphatic rings. The van der Waals surface area contributed by atoms with Gasteiger partial charge in [-0.15, -0.1) is 0 Å². The van der Waals surface area contributed by atoms with E-state index < -0.39 is 0 Å². The summed E-state index contributed by atoms with van der Waals surface area (Å²) in [7, 11) is 3.09. The first-order chi connectivity index (χ1) is 17.9. The highest BCUT2D eigenvalue weighted by atomic mass is 32.2. The van der Waals surface area contributed by atoms with Crippen LogP contribution in [0.25, 0.3) is 0 Å². The first-order valence-corrected chi connectivity index (χ1v) is 13.5. The fourth-order valence-electron chi connectivity index (χ4n) is 4.74. The Bertz CT molecular complexity index is 1240. The molecule has 8 nitrogen and oxygen atoms in total. The number of methoxy groups -OCH3 is 2. The van der Waals surface area contributed by atoms with Crippen molar-refractivity contribution < 1.29 is 19.1 Å². The number of amidine groups is 1. The van der Waals surface area contributed by atoms with Crippen molar-refractivity contribution in [3.05, 3.63) is 64.9 Å². The molecule has 0 aromatic heterocycles. The molecule has 1 saturated heterocycles. The molecule has 0 radical (unpaired) electrons. The van der Waals surface area contributed by atoms with Crippen LogP contribution in [0.5, 0.6) is 11.5 Å². The second-order valence-corrected chi connectivity index (χ2v) is 9.88. The Morgan fingerprint density at radius 2 is 1.92 bits per heavy atom. The number of likely N-dealkylation sites (N-methyl/N-ethyl adjacent to an activating group) is 1. The zero-order valence-electron chi connectivity index (χ0n) is 22.0. The van der Waals surface area contributed by atoms with Gasteiger partial charge >= 0.3 is 0 Å². The lowest BCUT2D eigenvalue weighted by Gasteiger charge is -2.41. The van der Waals surface area contributed by atoms with Crippen LogP contribution < -0.4 is 14.8 Å². The molecule has 2 aromatic carbocycles. The van der Waals surface area contributed by atoms with Gasteiger partial charge in [0.25, 0.3) is 11.8 Å². The van der Waals surface area contributed by atoms with Gasteiger partial charge in [0.2, 0.25) is 0 Å². The van der Waals surface area contributed by atoms with Crippen molar-refractivity contribution in [2.24, 2.45) is 4.99 Å². The van der Waals surface area contributed by atoms with Gasteiger partial charge in [-0.2, -0.15) is 0 Å². The van der Waals surface area contributed by atoms with E-state index in [2.05, 4.69) is 10.2 Å². The standard InChI is InChI=1S/C28H34N4O4S/c1-6-31(7-2)27(34)24-18(3)29-28-32(14-9-15-37-28)25(24)19-10-8-11-20(16-19)30-26(33)22-13-12-21(35-4)17-23(22)36-5/h8,10-13,16-17,25H,6-7,9,14-15H2,1-5H3,(H,30,33). The molecule has 1 fully saturated rings. The summed E-state index contributed by atoms with van der Waals surface area (Å²) in [6.45, 7) is 7.98. The molecule has 2 amide bonds. The number of ether oxygens (including phenoxy) is 2. The molecule has 0 saturated carbocycles. The van der Waals surface area contributed by atoms with Crippen molar-refractivity contribution >= 4 is 34.4 Å². The minimum Gasteiger partial charge on any atom is -0.497 e. The lowest BCUT2D eigenvalue weighted by atomic mass is 9.92. The van der Waals surface area contributed by atoms with Crippen LogP contribution in [0, 0.1) is 0 Å². The summed E-state index contributed by atoms with van der Waals surface area (Å²) in [5, 5.41) is 3.94. The zero-order valence-corrected chi connectivity index (χ0v) is 22.9. The van der Waals surface area contributed by atoms with E-state index in [0.717, 1.165) is 35.1 Å². The van der Waals surface area contributed by atoms with Gasteiger partial charge in [0.05, 0.1) is 37.1 Å². The van der Waals surface area contributed by atoms with Crippen molar-refractivity contribution in [2.75, 3.05) is 44.9 Å². The molecule has 1 atom stereocenters. The maximum atomic E-state index is 13.7. The van der Waals surface area contributed by atoms with Crippen molar-refractivity contribution in [2.45, 2.75) is 33.2 Å². The molecule has 0 aliphatic carbocycles. The number of aliphatic imine (C=N–C) groups is 1. The summed E-state index contributed by atoms with van der Waals surface area (Å²) in [5.41, 5.74) is 3.42. The molecule has 1 N–H and O–H groups in total. The third-order valence-corrected chi connectivity index (χ3v) is 7.73. The van der Waals surface area contributed by atoms with Gasteiger partial charge in [0, 0.05) is 37.1 Å². The number of hydrogen-bond acceptors (Lipinski definition) is 7. The number of carbonyl (C=O) groups excluding carboxylic acids is 2. The second kappa shape index (κ2) is 11.7. The Balaban J connectivity index is 1.69. The Morgan fingerprint density at radius 1 is 1.14 bits per heavy atom. The third-order valence-electron chi connectivity index (χ3n) is 6.65. The van der Waals surface area contributed by atoms with E-state index >= 15 is 0 Å². The number of nitrogens with one attached hydrogen (secondary N) is 1. The number of fused-ring (bicyclic) bond motifs is 1. The average molecular weight is 523 g/mol. The monoisotopic (exact) mass is 522 g/mol. The van der Waals surface area contributed by atoms with E-state index in [4.69, 9.17) is 14.5 Å². The number of benzene rings is 2. The van der Waals surface area contributed by atoms with Gasteiger partial charge in [0.1, 0.15) is 11.5 Å². The number of carbonyl (C=O) groups is 2. The second-order valence-electron chi connectivity index (χ2n) is 8.81. The lowest BCUT2D eigenvalue weighted by molar-refractivity contribution is -0.127. The summed E-state index contributed by atoms with van der Waals surface area (Å²) in [6, 6.07) is 12.5. The number of allylic oxidation sites excluding steroid dienone is 1. The minimum absolute atomic E-state index is 0.00304. The first kappa shape index (κ1) is 26.6. The van der Waals surface area contributed by atoms with Gasteiger partial charge in [-0.3, -0.25) is 9.59 Å². The van der Waals surface area contributed by atoms with Crippen molar-refractivity contribution in [1.29, 1.82) is 0 Å². The van der Waals surface area contributed by atoms with E-state index in [1.807, 2.05) is 49.9 Å². The molecule has 37 heavy (non-hydrogen) atoms. The lowest BCUT2D eigenvalue weighted by Crippen LogP contribution is -2.45. The summed E-state index contributed by atoms with van der Waals surface area (Å²) in [4.78, 5) is 35.7. The summed E-state index contributed by atoms with van der Waals surface area (Å²) in [6.07, 6.45) is 1.01. The van der Waals surface area contributed by atoms with Crippen LogP contribution in [0.1, 0.15) is 49.2 Å². The molecule has 1 unspecified atom stereocenters. The maximum Gasteiger partial charge on any atom is 0.259 e. The number of nitrogens with zero attached hydrogens (tertiary/aromatic N) is 3. The summed E-state index contributed by atoms with van der Waals surface area (Å²) >= 11 is 1.73. The van der Waals surface area contributed by atoms with Gasteiger partial charge < -0.3 is 24.6 Å². The predicted octanol–water partition coefficient (Wildman–Crippen LogP) is 4.95. The van der Waals surface area contributed by atoms with E-state index in [9.17, 15) is 9.59 Å². The quantitative estimate of drug-likeness (QED) is 0.528. The molecule has 4 rings (SSSR count). The molecular formula is C28H34N4O4S. The van der Waals surface area contributed by atoms with Crippen LogP contribution in [0.15, 0.2) is 58.7 Å². The van der Waals surface area contributed by atoms with Crippen LogP contribution >= 0.6 is 11.8 Å². The van der Waals surface area contributed by atoms with Gasteiger partial charge in [-0.1, -0.05) is 23.9 Å². The molecule has 0 bridgehead atoms. The first-order valence-electron chi connectivity index (χ1n) is 12.5. The number of thioether (sulfide) groups is 1. The highest BCUT2D eigenvalue weighted by Gasteiger charge is 2.38. The average Bonchev–Trinajstić information content (AvgIpc) is 2.92. The molecular weight excluding hydrogens is 488 g/mol. The van der Waals surface area contributed by atoms with E-state index in [1.54, 1.807) is 37.1 Å². The SMILES string of the molecule is CCN(CC)C(=O)C1=C(C)N=C2SCCCN2C1c1cccc(NC(=O)c2ccc(OC)cc2OC)c1. The molecule has 9 heteroatoms. The van der Waals surface area contributed by atoms with Crippen LogP contribution in [-0.2, 0) is 4.79 Å². The van der Waals surface area contributed by atoms with E-state index in [1.165, 1.54) is 7.11 Å². The molecule has 2 heterocycles. The smallest absolute Gasteiger partial charge is 0.259 e. The van der Waals surface area contributed by atoms with Crippen molar-refractivity contribution in [3.63, 3.8) is 0 Å². The highest BCUT2D eigenvalue weighted by Crippen LogP contribution is 2.40. The Kier molecular flexibility index (Phi) is 8.43. The van der Waals surface area contributed by atoms with Crippen LogP contribution in [0.2, 0.25) is 0 Å². The highest BCUT2D eigenvalue weighted by molar-refractivity contribution is 8.13. The predicted molar refractivity (Wildman–Crippen MR) is 149 cm³/mol. The third kappa shape index (κ3) is 5.46. The summed E-state index contributed by atoms with van der Waals surface area (Å²) in [5.74, 6) is 1.76. The number of amides is 2. The molecule has 2 aliphatic heterocycles. The Hall–Kier alpha value is -3.46. The van der Waals surface area contributed by atoms with Gasteiger partial charge in [0.15, 0.2) is 5.17 Å². The van der Waals surface area contributed by atoms with Crippen molar-refractivity contribution in [3.8, 4) is 11.5 Å². The Morgan fingerprint density at radius 3 is 2.62 bits per heavy atom. The van der Waals surface area contributed by atoms with Crippen LogP contribution in [0.4, 0.5) is 5.69 Å². The van der Waals surface area contributed by atoms with E-state index in [-0.39, 0.29) is 17.9 Å².